The second-order valence-corrected chi connectivity index (χ2v) is 8.96. The molecule has 2 aromatic rings. The van der Waals surface area contributed by atoms with Crippen LogP contribution in [0.2, 0.25) is 0 Å². The van der Waals surface area contributed by atoms with Crippen molar-refractivity contribution in [2.45, 2.75) is 45.0 Å². The van der Waals surface area contributed by atoms with Crippen LogP contribution in [0.25, 0.3) is 0 Å². The van der Waals surface area contributed by atoms with E-state index < -0.39 is 10.0 Å². The highest BCUT2D eigenvalue weighted by atomic mass is 32.2. The zero-order valence-electron chi connectivity index (χ0n) is 17.7. The van der Waals surface area contributed by atoms with Crippen LogP contribution in [0, 0.1) is 0 Å². The smallest absolute Gasteiger partial charge is 0.220 e. The number of carbonyl (C=O) groups excluding carboxylic acids is 1. The molecule has 2 aromatic carbocycles. The zero-order valence-corrected chi connectivity index (χ0v) is 18.5. The van der Waals surface area contributed by atoms with Crippen LogP contribution >= 0.6 is 0 Å². The summed E-state index contributed by atoms with van der Waals surface area (Å²) in [5, 5.41) is 2.85. The number of benzene rings is 2. The van der Waals surface area contributed by atoms with Gasteiger partial charge in [0.05, 0.1) is 19.5 Å². The third kappa shape index (κ3) is 8.42. The minimum Gasteiger partial charge on any atom is -0.497 e. The number of hydrogen-bond donors (Lipinski definition) is 2. The molecule has 0 bridgehead atoms. The minimum absolute atomic E-state index is 0.105. The van der Waals surface area contributed by atoms with Crippen LogP contribution in [0.5, 0.6) is 11.5 Å². The first-order valence-corrected chi connectivity index (χ1v) is 11.5. The Morgan fingerprint density at radius 3 is 2.27 bits per heavy atom. The molecule has 0 fully saturated rings. The van der Waals surface area contributed by atoms with Crippen LogP contribution in [0.4, 0.5) is 0 Å². The van der Waals surface area contributed by atoms with Crippen molar-refractivity contribution in [2.24, 2.45) is 0 Å². The van der Waals surface area contributed by atoms with Gasteiger partial charge in [-0.25, -0.2) is 13.1 Å². The number of carbonyl (C=O) groups is 1. The van der Waals surface area contributed by atoms with E-state index in [0.29, 0.717) is 25.0 Å². The van der Waals surface area contributed by atoms with Crippen molar-refractivity contribution >= 4 is 15.9 Å². The maximum atomic E-state index is 12.2. The molecule has 0 aliphatic rings. The summed E-state index contributed by atoms with van der Waals surface area (Å²) in [7, 11) is -1.82. The molecule has 0 saturated carbocycles. The van der Waals surface area contributed by atoms with Gasteiger partial charge < -0.3 is 14.8 Å². The Hall–Kier alpha value is -2.58. The van der Waals surface area contributed by atoms with Gasteiger partial charge in [-0.3, -0.25) is 4.79 Å². The van der Waals surface area contributed by atoms with Crippen molar-refractivity contribution in [1.29, 1.82) is 0 Å². The number of amides is 1. The molecule has 30 heavy (non-hydrogen) atoms. The third-order valence-corrected chi connectivity index (χ3v) is 5.75. The second-order valence-electron chi connectivity index (χ2n) is 7.20. The summed E-state index contributed by atoms with van der Waals surface area (Å²) >= 11 is 0. The highest BCUT2D eigenvalue weighted by molar-refractivity contribution is 7.88. The van der Waals surface area contributed by atoms with E-state index in [4.69, 9.17) is 9.47 Å². The molecule has 0 atom stereocenters. The van der Waals surface area contributed by atoms with Crippen LogP contribution in [0.3, 0.4) is 0 Å². The summed E-state index contributed by atoms with van der Waals surface area (Å²) in [4.78, 5) is 12.1. The van der Waals surface area contributed by atoms with Gasteiger partial charge in [-0.1, -0.05) is 24.3 Å². The van der Waals surface area contributed by atoms with Gasteiger partial charge in [0.25, 0.3) is 0 Å². The Bertz CT molecular complexity index is 911. The molecular formula is C22H30N2O5S. The number of sulfonamides is 1. The standard InChI is InChI=1S/C22H30N2O5S/c1-17(2)24-30(26,27)16-19-8-5-4-7-18(19)15-23-22(25)9-6-14-29-21-12-10-20(28-3)11-13-21/h4-5,7-8,10-13,17,24H,6,9,14-16H2,1-3H3,(H,23,25). The predicted octanol–water partition coefficient (Wildman–Crippen LogP) is 3.00. The highest BCUT2D eigenvalue weighted by Gasteiger charge is 2.15. The highest BCUT2D eigenvalue weighted by Crippen LogP contribution is 2.17. The zero-order chi connectivity index (χ0) is 22.0. The molecule has 7 nitrogen and oxygen atoms in total. The van der Waals surface area contributed by atoms with Gasteiger partial charge in [-0.15, -0.1) is 0 Å². The van der Waals surface area contributed by atoms with Crippen molar-refractivity contribution in [3.8, 4) is 11.5 Å². The summed E-state index contributed by atoms with van der Waals surface area (Å²) in [6, 6.07) is 14.3. The Labute approximate surface area is 178 Å². The van der Waals surface area contributed by atoms with Gasteiger partial charge in [0, 0.05) is 19.0 Å². The maximum Gasteiger partial charge on any atom is 0.220 e. The van der Waals surface area contributed by atoms with E-state index in [9.17, 15) is 13.2 Å². The van der Waals surface area contributed by atoms with Crippen molar-refractivity contribution in [3.05, 3.63) is 59.7 Å². The fourth-order valence-electron chi connectivity index (χ4n) is 2.85. The van der Waals surface area contributed by atoms with E-state index in [0.717, 1.165) is 17.1 Å². The third-order valence-electron chi connectivity index (χ3n) is 4.23. The van der Waals surface area contributed by atoms with Gasteiger partial charge in [0.15, 0.2) is 0 Å². The van der Waals surface area contributed by atoms with E-state index >= 15 is 0 Å². The molecule has 164 valence electrons. The van der Waals surface area contributed by atoms with Crippen molar-refractivity contribution < 1.29 is 22.7 Å². The minimum atomic E-state index is -3.43. The van der Waals surface area contributed by atoms with Crippen molar-refractivity contribution in [2.75, 3.05) is 13.7 Å². The molecule has 2 N–H and O–H groups in total. The van der Waals surface area contributed by atoms with Crippen LogP contribution in [-0.2, 0) is 27.1 Å². The monoisotopic (exact) mass is 434 g/mol. The van der Waals surface area contributed by atoms with Gasteiger partial charge in [0.2, 0.25) is 15.9 Å². The molecule has 8 heteroatoms. The van der Waals surface area contributed by atoms with Gasteiger partial charge in [-0.05, 0) is 55.7 Å². The average Bonchev–Trinajstić information content (AvgIpc) is 2.69. The molecular weight excluding hydrogens is 404 g/mol. The fraction of sp³-hybridized carbons (Fsp3) is 0.409. The Balaban J connectivity index is 1.77. The van der Waals surface area contributed by atoms with E-state index in [2.05, 4.69) is 10.0 Å². The molecule has 2 rings (SSSR count). The lowest BCUT2D eigenvalue weighted by atomic mass is 10.1. The lowest BCUT2D eigenvalue weighted by Gasteiger charge is -2.13. The molecule has 0 unspecified atom stereocenters. The Kier molecular flexibility index (Phi) is 9.14. The van der Waals surface area contributed by atoms with E-state index in [1.165, 1.54) is 0 Å². The van der Waals surface area contributed by atoms with Crippen LogP contribution in [0.15, 0.2) is 48.5 Å². The molecule has 0 aliphatic heterocycles. The number of ether oxygens (including phenoxy) is 2. The maximum absolute atomic E-state index is 12.2. The quantitative estimate of drug-likeness (QED) is 0.501. The molecule has 0 aromatic heterocycles. The molecule has 0 saturated heterocycles. The number of hydrogen-bond acceptors (Lipinski definition) is 5. The summed E-state index contributed by atoms with van der Waals surface area (Å²) in [6.45, 7) is 4.27. The normalized spacial score (nSPS) is 11.3. The van der Waals surface area contributed by atoms with Crippen molar-refractivity contribution in [3.63, 3.8) is 0 Å². The first-order chi connectivity index (χ1) is 14.3. The lowest BCUT2D eigenvalue weighted by Crippen LogP contribution is -2.32. The van der Waals surface area contributed by atoms with Crippen molar-refractivity contribution in [1.82, 2.24) is 10.0 Å². The van der Waals surface area contributed by atoms with Crippen LogP contribution < -0.4 is 19.5 Å². The van der Waals surface area contributed by atoms with Gasteiger partial charge in [0.1, 0.15) is 11.5 Å². The number of nitrogens with one attached hydrogen (secondary N) is 2. The van der Waals surface area contributed by atoms with E-state index in [1.807, 2.05) is 36.4 Å². The summed E-state index contributed by atoms with van der Waals surface area (Å²) in [6.07, 6.45) is 0.901. The Morgan fingerprint density at radius 2 is 1.63 bits per heavy atom. The molecule has 0 spiro atoms. The van der Waals surface area contributed by atoms with Crippen LogP contribution in [-0.4, -0.2) is 34.1 Å². The van der Waals surface area contributed by atoms with Gasteiger partial charge in [-0.2, -0.15) is 0 Å². The number of methoxy groups -OCH3 is 1. The largest absolute Gasteiger partial charge is 0.497 e. The topological polar surface area (TPSA) is 93.7 Å². The second kappa shape index (κ2) is 11.6. The first-order valence-electron chi connectivity index (χ1n) is 9.89. The summed E-state index contributed by atoms with van der Waals surface area (Å²) in [5.41, 5.74) is 1.46. The number of rotatable bonds is 12. The summed E-state index contributed by atoms with van der Waals surface area (Å²) in [5.74, 6) is 1.26. The molecule has 0 radical (unpaired) electrons. The fourth-order valence-corrected chi connectivity index (χ4v) is 4.35. The first kappa shape index (κ1) is 23.7. The predicted molar refractivity (Wildman–Crippen MR) is 117 cm³/mol. The average molecular weight is 435 g/mol. The summed E-state index contributed by atoms with van der Waals surface area (Å²) < 4.78 is 37.7. The molecule has 1 amide bonds. The Morgan fingerprint density at radius 1 is 1.00 bits per heavy atom. The van der Waals surface area contributed by atoms with Crippen LogP contribution in [0.1, 0.15) is 37.8 Å². The van der Waals surface area contributed by atoms with E-state index in [1.54, 1.807) is 33.1 Å². The SMILES string of the molecule is COc1ccc(OCCCC(=O)NCc2ccccc2CS(=O)(=O)NC(C)C)cc1. The molecule has 0 heterocycles. The molecule has 0 aliphatic carbocycles. The van der Waals surface area contributed by atoms with E-state index in [-0.39, 0.29) is 24.2 Å². The van der Waals surface area contributed by atoms with Gasteiger partial charge >= 0.3 is 0 Å². The lowest BCUT2D eigenvalue weighted by molar-refractivity contribution is -0.121.